The molecule has 1 fully saturated rings. The van der Waals surface area contributed by atoms with E-state index in [4.69, 9.17) is 5.11 Å². The van der Waals surface area contributed by atoms with Gasteiger partial charge in [-0.2, -0.15) is 5.10 Å². The molecule has 0 bridgehead atoms. The standard InChI is InChI=1S/C12H17N3O3/c1-6-5-7(15(4)14-6)13-10(16)8-9(11(17)18)12(8,2)3/h5,8-9H,1-4H3,(H,13,16)(H,17,18)/t8-,9+/m0/s1. The summed E-state index contributed by atoms with van der Waals surface area (Å²) in [6, 6.07) is 1.75. The van der Waals surface area contributed by atoms with Gasteiger partial charge in [-0.1, -0.05) is 13.8 Å². The molecule has 1 aliphatic carbocycles. The Labute approximate surface area is 105 Å². The van der Waals surface area contributed by atoms with Gasteiger partial charge in [-0.3, -0.25) is 14.3 Å². The fourth-order valence-corrected chi connectivity index (χ4v) is 2.52. The van der Waals surface area contributed by atoms with Crippen LogP contribution in [0.1, 0.15) is 19.5 Å². The molecule has 0 unspecified atom stereocenters. The highest BCUT2D eigenvalue weighted by atomic mass is 16.4. The first-order valence-corrected chi connectivity index (χ1v) is 5.79. The molecule has 1 saturated carbocycles. The molecule has 2 N–H and O–H groups in total. The predicted octanol–water partition coefficient (Wildman–Crippen LogP) is 1.02. The summed E-state index contributed by atoms with van der Waals surface area (Å²) in [7, 11) is 1.73. The van der Waals surface area contributed by atoms with Gasteiger partial charge in [0, 0.05) is 13.1 Å². The van der Waals surface area contributed by atoms with Gasteiger partial charge in [0.2, 0.25) is 5.91 Å². The predicted molar refractivity (Wildman–Crippen MR) is 65.0 cm³/mol. The van der Waals surface area contributed by atoms with E-state index < -0.39 is 23.2 Å². The molecular formula is C12H17N3O3. The minimum atomic E-state index is -0.915. The first kappa shape index (κ1) is 12.6. The molecule has 0 aliphatic heterocycles. The van der Waals surface area contributed by atoms with Crippen molar-refractivity contribution in [2.24, 2.45) is 24.3 Å². The highest BCUT2D eigenvalue weighted by Gasteiger charge is 2.65. The van der Waals surface area contributed by atoms with Crippen LogP contribution >= 0.6 is 0 Å². The van der Waals surface area contributed by atoms with E-state index in [2.05, 4.69) is 10.4 Å². The van der Waals surface area contributed by atoms with Gasteiger partial charge in [-0.25, -0.2) is 0 Å². The van der Waals surface area contributed by atoms with Crippen molar-refractivity contribution in [3.05, 3.63) is 11.8 Å². The minimum absolute atomic E-state index is 0.254. The summed E-state index contributed by atoms with van der Waals surface area (Å²) in [5.41, 5.74) is 0.321. The number of carboxylic acid groups (broad SMARTS) is 1. The lowest BCUT2D eigenvalue weighted by Crippen LogP contribution is -2.19. The van der Waals surface area contributed by atoms with Crippen LogP contribution in [0.3, 0.4) is 0 Å². The van der Waals surface area contributed by atoms with E-state index in [1.54, 1.807) is 31.6 Å². The smallest absolute Gasteiger partial charge is 0.307 e. The van der Waals surface area contributed by atoms with Crippen molar-refractivity contribution < 1.29 is 14.7 Å². The monoisotopic (exact) mass is 251 g/mol. The maximum atomic E-state index is 12.1. The molecule has 0 saturated heterocycles. The fourth-order valence-electron chi connectivity index (χ4n) is 2.52. The largest absolute Gasteiger partial charge is 0.481 e. The van der Waals surface area contributed by atoms with Gasteiger partial charge in [-0.15, -0.1) is 0 Å². The van der Waals surface area contributed by atoms with Crippen molar-refractivity contribution in [2.75, 3.05) is 5.32 Å². The summed E-state index contributed by atoms with van der Waals surface area (Å²) >= 11 is 0. The van der Waals surface area contributed by atoms with Gasteiger partial charge in [0.15, 0.2) is 0 Å². The van der Waals surface area contributed by atoms with Crippen LogP contribution in [0.2, 0.25) is 0 Å². The lowest BCUT2D eigenvalue weighted by molar-refractivity contribution is -0.140. The van der Waals surface area contributed by atoms with E-state index in [1.165, 1.54) is 0 Å². The van der Waals surface area contributed by atoms with Crippen molar-refractivity contribution in [1.82, 2.24) is 9.78 Å². The zero-order valence-corrected chi connectivity index (χ0v) is 10.9. The maximum absolute atomic E-state index is 12.1. The topological polar surface area (TPSA) is 84.2 Å². The van der Waals surface area contributed by atoms with E-state index in [-0.39, 0.29) is 5.91 Å². The van der Waals surface area contributed by atoms with E-state index in [0.717, 1.165) is 5.69 Å². The molecular weight excluding hydrogens is 234 g/mol. The van der Waals surface area contributed by atoms with E-state index in [1.807, 2.05) is 6.92 Å². The molecule has 1 aromatic rings. The zero-order valence-electron chi connectivity index (χ0n) is 10.9. The second-order valence-corrected chi connectivity index (χ2v) is 5.40. The molecule has 1 aliphatic rings. The number of nitrogens with one attached hydrogen (secondary N) is 1. The molecule has 98 valence electrons. The number of carboxylic acids is 1. The average Bonchev–Trinajstić information content (AvgIpc) is 2.66. The number of amides is 1. The first-order valence-electron chi connectivity index (χ1n) is 5.79. The molecule has 1 aromatic heterocycles. The summed E-state index contributed by atoms with van der Waals surface area (Å²) in [6.45, 7) is 5.42. The Balaban J connectivity index is 2.11. The Hall–Kier alpha value is -1.85. The van der Waals surface area contributed by atoms with Gasteiger partial charge < -0.3 is 10.4 Å². The molecule has 18 heavy (non-hydrogen) atoms. The highest BCUT2D eigenvalue weighted by molar-refractivity contribution is 5.99. The van der Waals surface area contributed by atoms with Crippen LogP contribution < -0.4 is 5.32 Å². The Morgan fingerprint density at radius 1 is 1.44 bits per heavy atom. The SMILES string of the molecule is Cc1cc(NC(=O)[C@@H]2[C@H](C(=O)O)C2(C)C)n(C)n1. The summed E-state index contributed by atoms with van der Waals surface area (Å²) < 4.78 is 1.57. The minimum Gasteiger partial charge on any atom is -0.481 e. The molecule has 6 heteroatoms. The third kappa shape index (κ3) is 1.87. The number of hydrogen-bond donors (Lipinski definition) is 2. The third-order valence-electron chi connectivity index (χ3n) is 3.63. The molecule has 1 heterocycles. The van der Waals surface area contributed by atoms with Crippen LogP contribution in [0, 0.1) is 24.2 Å². The lowest BCUT2D eigenvalue weighted by Gasteiger charge is -2.05. The quantitative estimate of drug-likeness (QED) is 0.840. The molecule has 0 radical (unpaired) electrons. The maximum Gasteiger partial charge on any atom is 0.307 e. The average molecular weight is 251 g/mol. The van der Waals surface area contributed by atoms with E-state index in [9.17, 15) is 9.59 Å². The Morgan fingerprint density at radius 3 is 2.44 bits per heavy atom. The number of rotatable bonds is 3. The van der Waals surface area contributed by atoms with Gasteiger partial charge in [0.1, 0.15) is 5.82 Å². The summed E-state index contributed by atoms with van der Waals surface area (Å²) in [6.07, 6.45) is 0. The number of anilines is 1. The summed E-state index contributed by atoms with van der Waals surface area (Å²) in [5, 5.41) is 15.9. The Bertz CT molecular complexity index is 519. The Morgan fingerprint density at radius 2 is 2.06 bits per heavy atom. The lowest BCUT2D eigenvalue weighted by atomic mass is 10.1. The number of nitrogens with zero attached hydrogens (tertiary/aromatic N) is 2. The normalized spacial score (nSPS) is 24.7. The van der Waals surface area contributed by atoms with Gasteiger partial charge in [0.05, 0.1) is 17.5 Å². The number of aromatic nitrogens is 2. The first-order chi connectivity index (χ1) is 8.25. The van der Waals surface area contributed by atoms with Crippen molar-refractivity contribution in [3.8, 4) is 0 Å². The van der Waals surface area contributed by atoms with Crippen molar-refractivity contribution in [1.29, 1.82) is 0 Å². The van der Waals surface area contributed by atoms with E-state index >= 15 is 0 Å². The molecule has 0 spiro atoms. The van der Waals surface area contributed by atoms with Crippen LogP contribution in [-0.2, 0) is 16.6 Å². The number of carbonyl (C=O) groups excluding carboxylic acids is 1. The third-order valence-corrected chi connectivity index (χ3v) is 3.63. The van der Waals surface area contributed by atoms with Crippen LogP contribution in [0.4, 0.5) is 5.82 Å². The van der Waals surface area contributed by atoms with Crippen molar-refractivity contribution in [3.63, 3.8) is 0 Å². The fraction of sp³-hybridized carbons (Fsp3) is 0.583. The van der Waals surface area contributed by atoms with Crippen LogP contribution in [0.15, 0.2) is 6.07 Å². The van der Waals surface area contributed by atoms with Gasteiger partial charge in [-0.05, 0) is 12.3 Å². The van der Waals surface area contributed by atoms with E-state index in [0.29, 0.717) is 5.82 Å². The molecule has 1 amide bonds. The zero-order chi connectivity index (χ0) is 13.7. The second kappa shape index (κ2) is 3.83. The molecule has 6 nitrogen and oxygen atoms in total. The van der Waals surface area contributed by atoms with Crippen LogP contribution in [0.5, 0.6) is 0 Å². The van der Waals surface area contributed by atoms with Crippen LogP contribution in [-0.4, -0.2) is 26.8 Å². The summed E-state index contributed by atoms with van der Waals surface area (Å²) in [4.78, 5) is 23.1. The molecule has 2 atom stereocenters. The number of hydrogen-bond acceptors (Lipinski definition) is 3. The number of carbonyl (C=O) groups is 2. The van der Waals surface area contributed by atoms with Crippen molar-refractivity contribution in [2.45, 2.75) is 20.8 Å². The number of aliphatic carboxylic acids is 1. The second-order valence-electron chi connectivity index (χ2n) is 5.40. The van der Waals surface area contributed by atoms with Gasteiger partial charge >= 0.3 is 5.97 Å². The Kier molecular flexibility index (Phi) is 2.68. The van der Waals surface area contributed by atoms with Crippen molar-refractivity contribution >= 4 is 17.7 Å². The summed E-state index contributed by atoms with van der Waals surface area (Å²) in [5.74, 6) is -1.67. The van der Waals surface area contributed by atoms with Crippen LogP contribution in [0.25, 0.3) is 0 Å². The molecule has 0 aromatic carbocycles. The highest BCUT2D eigenvalue weighted by Crippen LogP contribution is 2.58. The van der Waals surface area contributed by atoms with Gasteiger partial charge in [0.25, 0.3) is 0 Å². The number of aryl methyl sites for hydroxylation is 2. The molecule has 2 rings (SSSR count).